The molecule has 0 fully saturated rings. The van der Waals surface area contributed by atoms with E-state index in [0.29, 0.717) is 5.58 Å². The molecular weight excluding hydrogens is 358 g/mol. The fourth-order valence-corrected chi connectivity index (χ4v) is 3.48. The van der Waals surface area contributed by atoms with Crippen molar-refractivity contribution < 1.29 is 4.42 Å². The third-order valence-electron chi connectivity index (χ3n) is 5.14. The standard InChI is InChI=1S/C25H21N3O/c1-16-4-8-19(9-5-16)28(20-10-6-17(2)7-11-20)21-12-13-22-18(3)23(15-26)25(27)29-24(22)14-21/h4-14,27H,1-3H3. The molecular formula is C25H21N3O. The first-order chi connectivity index (χ1) is 14.0. The maximum atomic E-state index is 9.31. The second-order valence-corrected chi connectivity index (χ2v) is 7.23. The van der Waals surface area contributed by atoms with Crippen LogP contribution in [0.1, 0.15) is 22.3 Å². The van der Waals surface area contributed by atoms with Crippen molar-refractivity contribution in [1.82, 2.24) is 0 Å². The summed E-state index contributed by atoms with van der Waals surface area (Å²) in [6, 6.07) is 24.7. The lowest BCUT2D eigenvalue weighted by Crippen LogP contribution is -2.11. The molecule has 0 atom stereocenters. The summed E-state index contributed by atoms with van der Waals surface area (Å²) < 4.78 is 5.68. The van der Waals surface area contributed by atoms with Gasteiger partial charge in [-0.2, -0.15) is 5.26 Å². The van der Waals surface area contributed by atoms with Crippen LogP contribution in [0.15, 0.2) is 71.1 Å². The van der Waals surface area contributed by atoms with Crippen molar-refractivity contribution >= 4 is 28.0 Å². The fraction of sp³-hybridized carbons (Fsp3) is 0.120. The SMILES string of the molecule is Cc1ccc(N(c2ccc(C)cc2)c2ccc3c(C)c(C#N)c(=N)oc3c2)cc1. The molecule has 4 heteroatoms. The van der Waals surface area contributed by atoms with Crippen LogP contribution >= 0.6 is 0 Å². The van der Waals surface area contributed by atoms with E-state index in [1.54, 1.807) is 0 Å². The molecule has 4 aromatic rings. The van der Waals surface area contributed by atoms with Gasteiger partial charge < -0.3 is 9.32 Å². The van der Waals surface area contributed by atoms with Crippen LogP contribution in [0.3, 0.4) is 0 Å². The molecule has 0 aliphatic heterocycles. The molecule has 0 unspecified atom stereocenters. The number of nitrogens with one attached hydrogen (secondary N) is 1. The molecule has 0 aliphatic rings. The Morgan fingerprint density at radius 2 is 1.31 bits per heavy atom. The minimum atomic E-state index is -0.105. The van der Waals surface area contributed by atoms with E-state index in [1.807, 2.05) is 25.1 Å². The topological polar surface area (TPSA) is 64.0 Å². The Morgan fingerprint density at radius 3 is 1.83 bits per heavy atom. The molecule has 29 heavy (non-hydrogen) atoms. The molecule has 3 aromatic carbocycles. The number of aryl methyl sites for hydroxylation is 3. The predicted molar refractivity (Wildman–Crippen MR) is 116 cm³/mol. The second-order valence-electron chi connectivity index (χ2n) is 7.23. The molecule has 1 aromatic heterocycles. The van der Waals surface area contributed by atoms with Crippen molar-refractivity contribution in [1.29, 1.82) is 10.7 Å². The summed E-state index contributed by atoms with van der Waals surface area (Å²) in [5.74, 6) is 0. The molecule has 1 heterocycles. The van der Waals surface area contributed by atoms with E-state index < -0.39 is 0 Å². The van der Waals surface area contributed by atoms with Crippen LogP contribution in [0.2, 0.25) is 0 Å². The molecule has 0 saturated carbocycles. The number of nitriles is 1. The van der Waals surface area contributed by atoms with Gasteiger partial charge in [0.15, 0.2) is 0 Å². The first-order valence-corrected chi connectivity index (χ1v) is 9.43. The van der Waals surface area contributed by atoms with E-state index in [9.17, 15) is 5.26 Å². The van der Waals surface area contributed by atoms with Gasteiger partial charge in [0.05, 0.1) is 0 Å². The van der Waals surface area contributed by atoms with Crippen molar-refractivity contribution in [2.45, 2.75) is 20.8 Å². The van der Waals surface area contributed by atoms with Crippen molar-refractivity contribution in [3.63, 3.8) is 0 Å². The van der Waals surface area contributed by atoms with Gasteiger partial charge in [-0.15, -0.1) is 0 Å². The van der Waals surface area contributed by atoms with Gasteiger partial charge in [-0.1, -0.05) is 35.4 Å². The lowest BCUT2D eigenvalue weighted by molar-refractivity contribution is 0.529. The zero-order chi connectivity index (χ0) is 20.5. The molecule has 4 nitrogen and oxygen atoms in total. The summed E-state index contributed by atoms with van der Waals surface area (Å²) >= 11 is 0. The van der Waals surface area contributed by atoms with E-state index >= 15 is 0 Å². The normalized spacial score (nSPS) is 10.7. The summed E-state index contributed by atoms with van der Waals surface area (Å²) in [4.78, 5) is 2.16. The Balaban J connectivity index is 1.94. The summed E-state index contributed by atoms with van der Waals surface area (Å²) in [5, 5.41) is 18.2. The largest absolute Gasteiger partial charge is 0.437 e. The highest BCUT2D eigenvalue weighted by atomic mass is 16.3. The van der Waals surface area contributed by atoms with Crippen LogP contribution in [0.25, 0.3) is 11.0 Å². The molecule has 0 aliphatic carbocycles. The van der Waals surface area contributed by atoms with Crippen molar-refractivity contribution in [2.75, 3.05) is 4.90 Å². The van der Waals surface area contributed by atoms with E-state index in [2.05, 4.69) is 73.3 Å². The summed E-state index contributed by atoms with van der Waals surface area (Å²) in [6.07, 6.45) is 0. The number of anilines is 3. The number of rotatable bonds is 3. The highest BCUT2D eigenvalue weighted by Gasteiger charge is 2.15. The van der Waals surface area contributed by atoms with E-state index in [4.69, 9.17) is 9.83 Å². The zero-order valence-electron chi connectivity index (χ0n) is 16.7. The van der Waals surface area contributed by atoms with Crippen molar-refractivity contribution in [2.24, 2.45) is 0 Å². The lowest BCUT2D eigenvalue weighted by atomic mass is 10.1. The number of hydrogen-bond acceptors (Lipinski definition) is 4. The Labute approximate surface area is 169 Å². The highest BCUT2D eigenvalue weighted by Crippen LogP contribution is 2.36. The quantitative estimate of drug-likeness (QED) is 0.462. The molecule has 0 saturated heterocycles. The molecule has 4 rings (SSSR count). The molecule has 0 spiro atoms. The van der Waals surface area contributed by atoms with E-state index in [-0.39, 0.29) is 11.1 Å². The average molecular weight is 379 g/mol. The highest BCUT2D eigenvalue weighted by molar-refractivity contribution is 5.88. The number of benzene rings is 3. The summed E-state index contributed by atoms with van der Waals surface area (Å²) in [6.45, 7) is 5.99. The number of fused-ring (bicyclic) bond motifs is 1. The summed E-state index contributed by atoms with van der Waals surface area (Å²) in [5.41, 5.74) is 6.93. The molecule has 0 radical (unpaired) electrons. The zero-order valence-corrected chi connectivity index (χ0v) is 16.7. The van der Waals surface area contributed by atoms with Crippen molar-refractivity contribution in [3.8, 4) is 6.07 Å². The Morgan fingerprint density at radius 1 is 0.793 bits per heavy atom. The minimum absolute atomic E-state index is 0.105. The van der Waals surface area contributed by atoms with Crippen LogP contribution in [0.4, 0.5) is 17.1 Å². The lowest BCUT2D eigenvalue weighted by Gasteiger charge is -2.26. The maximum Gasteiger partial charge on any atom is 0.230 e. The second kappa shape index (κ2) is 7.29. The third kappa shape index (κ3) is 3.39. The van der Waals surface area contributed by atoms with Gasteiger partial charge in [-0.05, 0) is 62.7 Å². The first-order valence-electron chi connectivity index (χ1n) is 9.43. The smallest absolute Gasteiger partial charge is 0.230 e. The van der Waals surface area contributed by atoms with Gasteiger partial charge in [0.2, 0.25) is 5.55 Å². The Bertz CT molecular complexity index is 1250. The average Bonchev–Trinajstić information content (AvgIpc) is 2.71. The van der Waals surface area contributed by atoms with Crippen LogP contribution in [0, 0.1) is 37.5 Å². The summed E-state index contributed by atoms with van der Waals surface area (Å²) in [7, 11) is 0. The molecule has 142 valence electrons. The maximum absolute atomic E-state index is 9.31. The first kappa shape index (κ1) is 18.5. The van der Waals surface area contributed by atoms with Gasteiger partial charge in [0, 0.05) is 28.5 Å². The van der Waals surface area contributed by atoms with Crippen LogP contribution < -0.4 is 10.5 Å². The monoisotopic (exact) mass is 379 g/mol. The van der Waals surface area contributed by atoms with Gasteiger partial charge in [-0.25, -0.2) is 0 Å². The van der Waals surface area contributed by atoms with Crippen LogP contribution in [-0.4, -0.2) is 0 Å². The van der Waals surface area contributed by atoms with E-state index in [0.717, 1.165) is 28.0 Å². The minimum Gasteiger partial charge on any atom is -0.437 e. The van der Waals surface area contributed by atoms with Gasteiger partial charge in [-0.3, -0.25) is 5.41 Å². The number of hydrogen-bond donors (Lipinski definition) is 1. The Kier molecular flexibility index (Phi) is 4.66. The predicted octanol–water partition coefficient (Wildman–Crippen LogP) is 6.18. The Hall–Kier alpha value is -3.84. The third-order valence-corrected chi connectivity index (χ3v) is 5.14. The van der Waals surface area contributed by atoms with E-state index in [1.165, 1.54) is 11.1 Å². The van der Waals surface area contributed by atoms with Crippen LogP contribution in [-0.2, 0) is 0 Å². The van der Waals surface area contributed by atoms with Crippen molar-refractivity contribution in [3.05, 3.63) is 94.5 Å². The fourth-order valence-electron chi connectivity index (χ4n) is 3.48. The number of nitrogens with zero attached hydrogens (tertiary/aromatic N) is 2. The van der Waals surface area contributed by atoms with Gasteiger partial charge >= 0.3 is 0 Å². The van der Waals surface area contributed by atoms with Crippen LogP contribution in [0.5, 0.6) is 0 Å². The van der Waals surface area contributed by atoms with Gasteiger partial charge in [0.25, 0.3) is 0 Å². The molecule has 0 amide bonds. The molecule has 1 N–H and O–H groups in total. The van der Waals surface area contributed by atoms with Gasteiger partial charge in [0.1, 0.15) is 17.2 Å². The molecule has 0 bridgehead atoms.